The minimum absolute atomic E-state index is 0.196. The molecule has 0 aromatic heterocycles. The van der Waals surface area contributed by atoms with Crippen molar-refractivity contribution >= 4 is 0 Å². The molecule has 0 saturated carbocycles. The van der Waals surface area contributed by atoms with Gasteiger partial charge >= 0.3 is 0 Å². The first-order valence-corrected chi connectivity index (χ1v) is 6.37. The summed E-state index contributed by atoms with van der Waals surface area (Å²) in [6.45, 7) is 4.22. The lowest BCUT2D eigenvalue weighted by Crippen LogP contribution is -2.14. The molecule has 106 valence electrons. The molecule has 0 spiro atoms. The molecule has 0 heterocycles. The van der Waals surface area contributed by atoms with Gasteiger partial charge in [0, 0.05) is 24.7 Å². The molecule has 0 unspecified atom stereocenters. The highest BCUT2D eigenvalue weighted by Crippen LogP contribution is 2.15. The summed E-state index contributed by atoms with van der Waals surface area (Å²) in [5, 5.41) is 3.07. The van der Waals surface area contributed by atoms with Gasteiger partial charge in [0.05, 0.1) is 0 Å². The molecule has 1 nitrogen and oxygen atoms in total. The second-order valence-electron chi connectivity index (χ2n) is 4.88. The number of nitrogens with one attached hydrogen (secondary N) is 1. The van der Waals surface area contributed by atoms with E-state index in [-0.39, 0.29) is 5.82 Å². The number of aryl methyl sites for hydroxylation is 2. The van der Waals surface area contributed by atoms with Crippen molar-refractivity contribution in [3.63, 3.8) is 0 Å². The minimum atomic E-state index is -0.587. The zero-order valence-electron chi connectivity index (χ0n) is 11.4. The first kappa shape index (κ1) is 14.6. The van der Waals surface area contributed by atoms with Crippen LogP contribution in [0.3, 0.4) is 0 Å². The highest BCUT2D eigenvalue weighted by atomic mass is 19.1. The number of benzene rings is 2. The van der Waals surface area contributed by atoms with Gasteiger partial charge in [-0.1, -0.05) is 18.2 Å². The van der Waals surface area contributed by atoms with Crippen molar-refractivity contribution < 1.29 is 13.2 Å². The monoisotopic (exact) mass is 279 g/mol. The third-order valence-electron chi connectivity index (χ3n) is 3.16. The molecule has 0 bridgehead atoms. The number of rotatable bonds is 4. The quantitative estimate of drug-likeness (QED) is 0.891. The normalized spacial score (nSPS) is 10.8. The Morgan fingerprint density at radius 3 is 2.15 bits per heavy atom. The minimum Gasteiger partial charge on any atom is -0.309 e. The van der Waals surface area contributed by atoms with Crippen LogP contribution in [0.15, 0.2) is 30.3 Å². The summed E-state index contributed by atoms with van der Waals surface area (Å²) in [4.78, 5) is 0. The second-order valence-corrected chi connectivity index (χ2v) is 4.88. The third-order valence-corrected chi connectivity index (χ3v) is 3.16. The Morgan fingerprint density at radius 2 is 1.55 bits per heavy atom. The van der Waals surface area contributed by atoms with Crippen molar-refractivity contribution in [1.29, 1.82) is 0 Å². The Balaban J connectivity index is 1.99. The summed E-state index contributed by atoms with van der Waals surface area (Å²) < 4.78 is 39.7. The standard InChI is InChI=1S/C16H16F3N/c1-10-5-12(6-11(2)16(10)19)8-20-9-13-3-4-14(17)7-15(13)18/h3-7,20H,8-9H2,1-2H3. The van der Waals surface area contributed by atoms with E-state index in [9.17, 15) is 13.2 Å². The molecule has 4 heteroatoms. The van der Waals surface area contributed by atoms with Gasteiger partial charge in [0.25, 0.3) is 0 Å². The highest BCUT2D eigenvalue weighted by Gasteiger charge is 2.06. The summed E-state index contributed by atoms with van der Waals surface area (Å²) in [5.41, 5.74) is 2.52. The molecule has 0 aliphatic heterocycles. The molecule has 2 aromatic rings. The van der Waals surface area contributed by atoms with Crippen LogP contribution in [0.2, 0.25) is 0 Å². The smallest absolute Gasteiger partial charge is 0.130 e. The second kappa shape index (κ2) is 6.09. The summed E-state index contributed by atoms with van der Waals surface area (Å²) in [5.74, 6) is -1.35. The van der Waals surface area contributed by atoms with Crippen molar-refractivity contribution in [1.82, 2.24) is 5.32 Å². The van der Waals surface area contributed by atoms with Gasteiger partial charge in [-0.25, -0.2) is 13.2 Å². The fraction of sp³-hybridized carbons (Fsp3) is 0.250. The number of hydrogen-bond acceptors (Lipinski definition) is 1. The third kappa shape index (κ3) is 3.39. The molecule has 0 atom stereocenters. The largest absolute Gasteiger partial charge is 0.309 e. The van der Waals surface area contributed by atoms with E-state index in [2.05, 4.69) is 5.32 Å². The van der Waals surface area contributed by atoms with Gasteiger partial charge in [0.15, 0.2) is 0 Å². The van der Waals surface area contributed by atoms with Crippen LogP contribution in [-0.4, -0.2) is 0 Å². The maximum Gasteiger partial charge on any atom is 0.130 e. The molecule has 0 aliphatic rings. The molecular formula is C16H16F3N. The van der Waals surface area contributed by atoms with Crippen molar-refractivity contribution in [2.24, 2.45) is 0 Å². The highest BCUT2D eigenvalue weighted by molar-refractivity contribution is 5.30. The van der Waals surface area contributed by atoms with E-state index >= 15 is 0 Å². The van der Waals surface area contributed by atoms with E-state index in [0.717, 1.165) is 11.6 Å². The van der Waals surface area contributed by atoms with Crippen LogP contribution < -0.4 is 5.32 Å². The summed E-state index contributed by atoms with van der Waals surface area (Å²) in [6, 6.07) is 7.03. The SMILES string of the molecule is Cc1cc(CNCc2ccc(F)cc2F)cc(C)c1F. The van der Waals surface area contributed by atoms with Crippen LogP contribution in [0, 0.1) is 31.3 Å². The van der Waals surface area contributed by atoms with E-state index in [1.165, 1.54) is 12.1 Å². The molecule has 0 radical (unpaired) electrons. The van der Waals surface area contributed by atoms with Gasteiger partial charge in [0.2, 0.25) is 0 Å². The Hall–Kier alpha value is -1.81. The zero-order chi connectivity index (χ0) is 14.7. The first-order valence-electron chi connectivity index (χ1n) is 6.37. The summed E-state index contributed by atoms with van der Waals surface area (Å²) >= 11 is 0. The average Bonchev–Trinajstić information content (AvgIpc) is 2.38. The van der Waals surface area contributed by atoms with Crippen molar-refractivity contribution in [2.75, 3.05) is 0 Å². The average molecular weight is 279 g/mol. The zero-order valence-corrected chi connectivity index (χ0v) is 11.4. The van der Waals surface area contributed by atoms with Gasteiger partial charge < -0.3 is 5.32 Å². The summed E-state index contributed by atoms with van der Waals surface area (Å²) in [7, 11) is 0. The van der Waals surface area contributed by atoms with Gasteiger partial charge in [-0.3, -0.25) is 0 Å². The van der Waals surface area contributed by atoms with Crippen LogP contribution in [0.25, 0.3) is 0 Å². The van der Waals surface area contributed by atoms with Crippen molar-refractivity contribution in [3.8, 4) is 0 Å². The van der Waals surface area contributed by atoms with E-state index in [1.54, 1.807) is 26.0 Å². The van der Waals surface area contributed by atoms with Crippen LogP contribution in [0.5, 0.6) is 0 Å². The topological polar surface area (TPSA) is 12.0 Å². The maximum absolute atomic E-state index is 13.5. The van der Waals surface area contributed by atoms with Crippen LogP contribution >= 0.6 is 0 Å². The van der Waals surface area contributed by atoms with E-state index in [4.69, 9.17) is 0 Å². The number of halogens is 3. The Bertz CT molecular complexity index is 600. The van der Waals surface area contributed by atoms with E-state index in [1.807, 2.05) is 0 Å². The van der Waals surface area contributed by atoms with Gasteiger partial charge in [-0.05, 0) is 36.6 Å². The fourth-order valence-electron chi connectivity index (χ4n) is 2.14. The van der Waals surface area contributed by atoms with Crippen LogP contribution in [0.4, 0.5) is 13.2 Å². The molecule has 2 rings (SSSR count). The predicted molar refractivity (Wildman–Crippen MR) is 72.8 cm³/mol. The maximum atomic E-state index is 13.5. The molecule has 0 aliphatic carbocycles. The lowest BCUT2D eigenvalue weighted by Gasteiger charge is -2.09. The Labute approximate surface area is 116 Å². The fourth-order valence-corrected chi connectivity index (χ4v) is 2.14. The first-order chi connectivity index (χ1) is 9.47. The molecule has 0 saturated heterocycles. The van der Waals surface area contributed by atoms with E-state index < -0.39 is 11.6 Å². The van der Waals surface area contributed by atoms with Gasteiger partial charge in [-0.15, -0.1) is 0 Å². The van der Waals surface area contributed by atoms with Gasteiger partial charge in [-0.2, -0.15) is 0 Å². The van der Waals surface area contributed by atoms with Crippen molar-refractivity contribution in [3.05, 3.63) is 70.0 Å². The van der Waals surface area contributed by atoms with Crippen LogP contribution in [0.1, 0.15) is 22.3 Å². The Morgan fingerprint density at radius 1 is 0.900 bits per heavy atom. The molecular weight excluding hydrogens is 263 g/mol. The van der Waals surface area contributed by atoms with Gasteiger partial charge in [0.1, 0.15) is 17.5 Å². The molecule has 0 amide bonds. The molecule has 0 fully saturated rings. The lowest BCUT2D eigenvalue weighted by molar-refractivity contribution is 0.559. The Kier molecular flexibility index (Phi) is 4.45. The molecule has 1 N–H and O–H groups in total. The molecule has 2 aromatic carbocycles. The lowest BCUT2D eigenvalue weighted by atomic mass is 10.1. The number of hydrogen-bond donors (Lipinski definition) is 1. The summed E-state index contributed by atoms with van der Waals surface area (Å²) in [6.07, 6.45) is 0. The van der Waals surface area contributed by atoms with Crippen molar-refractivity contribution in [2.45, 2.75) is 26.9 Å². The van der Waals surface area contributed by atoms with E-state index in [0.29, 0.717) is 29.8 Å². The van der Waals surface area contributed by atoms with Crippen LogP contribution in [-0.2, 0) is 13.1 Å². The predicted octanol–water partition coefficient (Wildman–Crippen LogP) is 4.01. The molecule has 20 heavy (non-hydrogen) atoms.